The number of ether oxygens (including phenoxy) is 1. The smallest absolute Gasteiger partial charge is 0.226 e. The Kier molecular flexibility index (Phi) is 4.34. The molecule has 0 aliphatic rings. The highest BCUT2D eigenvalue weighted by Gasteiger charge is 2.08. The van der Waals surface area contributed by atoms with Crippen molar-refractivity contribution in [1.29, 1.82) is 0 Å². The van der Waals surface area contributed by atoms with Crippen molar-refractivity contribution in [2.24, 2.45) is 0 Å². The highest BCUT2D eigenvalue weighted by atomic mass is 16.5. The summed E-state index contributed by atoms with van der Waals surface area (Å²) in [7, 11) is 1.64. The van der Waals surface area contributed by atoms with Crippen LogP contribution >= 0.6 is 0 Å². The molecule has 0 radical (unpaired) electrons. The number of benzene rings is 1. The van der Waals surface area contributed by atoms with Crippen LogP contribution in [-0.2, 0) is 6.42 Å². The van der Waals surface area contributed by atoms with E-state index in [1.54, 1.807) is 7.11 Å². The van der Waals surface area contributed by atoms with Crippen molar-refractivity contribution in [3.8, 4) is 17.1 Å². The summed E-state index contributed by atoms with van der Waals surface area (Å²) in [6, 6.07) is 7.66. The van der Waals surface area contributed by atoms with E-state index < -0.39 is 0 Å². The van der Waals surface area contributed by atoms with Crippen LogP contribution in [0.2, 0.25) is 0 Å². The van der Waals surface area contributed by atoms with Crippen LogP contribution in [0.4, 0.5) is 0 Å². The van der Waals surface area contributed by atoms with E-state index in [1.807, 2.05) is 24.3 Å². The number of aryl methyl sites for hydroxylation is 1. The van der Waals surface area contributed by atoms with Gasteiger partial charge in [0.25, 0.3) is 0 Å². The SMILES string of the molecule is CCCCCc1nc(-c2cccc(OC)c2)no1. The maximum Gasteiger partial charge on any atom is 0.226 e. The van der Waals surface area contributed by atoms with Gasteiger partial charge in [-0.15, -0.1) is 0 Å². The number of aromatic nitrogens is 2. The maximum atomic E-state index is 5.24. The van der Waals surface area contributed by atoms with Gasteiger partial charge in [0.2, 0.25) is 11.7 Å². The van der Waals surface area contributed by atoms with E-state index in [0.717, 1.165) is 24.2 Å². The van der Waals surface area contributed by atoms with Crippen LogP contribution in [0.15, 0.2) is 28.8 Å². The fourth-order valence-corrected chi connectivity index (χ4v) is 1.76. The average molecular weight is 246 g/mol. The van der Waals surface area contributed by atoms with E-state index in [1.165, 1.54) is 12.8 Å². The van der Waals surface area contributed by atoms with Gasteiger partial charge >= 0.3 is 0 Å². The van der Waals surface area contributed by atoms with Crippen molar-refractivity contribution in [3.05, 3.63) is 30.2 Å². The zero-order valence-corrected chi connectivity index (χ0v) is 10.8. The van der Waals surface area contributed by atoms with Crippen molar-refractivity contribution in [2.45, 2.75) is 32.6 Å². The first-order valence-electron chi connectivity index (χ1n) is 6.30. The van der Waals surface area contributed by atoms with Crippen molar-refractivity contribution in [1.82, 2.24) is 10.1 Å². The van der Waals surface area contributed by atoms with Crippen LogP contribution in [0.3, 0.4) is 0 Å². The first-order valence-corrected chi connectivity index (χ1v) is 6.30. The average Bonchev–Trinajstić information content (AvgIpc) is 2.88. The van der Waals surface area contributed by atoms with E-state index >= 15 is 0 Å². The van der Waals surface area contributed by atoms with Crippen LogP contribution in [-0.4, -0.2) is 17.3 Å². The first-order chi connectivity index (χ1) is 8.83. The van der Waals surface area contributed by atoms with Gasteiger partial charge in [-0.05, 0) is 18.6 Å². The Bertz CT molecular complexity index is 494. The van der Waals surface area contributed by atoms with E-state index in [-0.39, 0.29) is 0 Å². The van der Waals surface area contributed by atoms with E-state index in [2.05, 4.69) is 17.1 Å². The minimum absolute atomic E-state index is 0.625. The molecule has 18 heavy (non-hydrogen) atoms. The van der Waals surface area contributed by atoms with E-state index in [0.29, 0.717) is 11.7 Å². The molecule has 0 aliphatic heterocycles. The third-order valence-corrected chi connectivity index (χ3v) is 2.79. The molecule has 1 heterocycles. The largest absolute Gasteiger partial charge is 0.497 e. The lowest BCUT2D eigenvalue weighted by molar-refractivity contribution is 0.374. The highest BCUT2D eigenvalue weighted by molar-refractivity contribution is 5.56. The molecule has 0 atom stereocenters. The molecule has 0 bridgehead atoms. The molecule has 2 rings (SSSR count). The number of nitrogens with zero attached hydrogens (tertiary/aromatic N) is 2. The van der Waals surface area contributed by atoms with Gasteiger partial charge in [0.1, 0.15) is 5.75 Å². The van der Waals surface area contributed by atoms with Gasteiger partial charge in [-0.25, -0.2) is 0 Å². The molecule has 0 saturated carbocycles. The highest BCUT2D eigenvalue weighted by Crippen LogP contribution is 2.21. The second-order valence-corrected chi connectivity index (χ2v) is 4.20. The van der Waals surface area contributed by atoms with Gasteiger partial charge in [0, 0.05) is 12.0 Å². The lowest BCUT2D eigenvalue weighted by atomic mass is 10.2. The summed E-state index contributed by atoms with van der Waals surface area (Å²) in [5, 5.41) is 4.00. The molecule has 4 nitrogen and oxygen atoms in total. The topological polar surface area (TPSA) is 48.2 Å². The molecular formula is C14H18N2O2. The van der Waals surface area contributed by atoms with Gasteiger partial charge in [-0.3, -0.25) is 0 Å². The molecule has 0 amide bonds. The molecular weight excluding hydrogens is 228 g/mol. The number of hydrogen-bond acceptors (Lipinski definition) is 4. The summed E-state index contributed by atoms with van der Waals surface area (Å²) in [4.78, 5) is 4.39. The summed E-state index contributed by atoms with van der Waals surface area (Å²) in [5.41, 5.74) is 0.917. The Balaban J connectivity index is 2.08. The second-order valence-electron chi connectivity index (χ2n) is 4.20. The maximum absolute atomic E-state index is 5.24. The zero-order valence-electron chi connectivity index (χ0n) is 10.8. The van der Waals surface area contributed by atoms with Crippen LogP contribution < -0.4 is 4.74 Å². The molecule has 1 aromatic carbocycles. The van der Waals surface area contributed by atoms with E-state index in [9.17, 15) is 0 Å². The lowest BCUT2D eigenvalue weighted by Gasteiger charge is -1.99. The fourth-order valence-electron chi connectivity index (χ4n) is 1.76. The summed E-state index contributed by atoms with van der Waals surface area (Å²) in [6.07, 6.45) is 4.33. The van der Waals surface area contributed by atoms with Gasteiger partial charge in [-0.2, -0.15) is 4.98 Å². The van der Waals surface area contributed by atoms with Gasteiger partial charge in [0.15, 0.2) is 0 Å². The normalized spacial score (nSPS) is 10.6. The number of methoxy groups -OCH3 is 1. The van der Waals surface area contributed by atoms with Crippen LogP contribution in [0, 0.1) is 0 Å². The number of unbranched alkanes of at least 4 members (excludes halogenated alkanes) is 2. The fraction of sp³-hybridized carbons (Fsp3) is 0.429. The Morgan fingerprint density at radius 1 is 1.28 bits per heavy atom. The minimum atomic E-state index is 0.625. The molecule has 0 aliphatic carbocycles. The van der Waals surface area contributed by atoms with Crippen molar-refractivity contribution >= 4 is 0 Å². The zero-order chi connectivity index (χ0) is 12.8. The summed E-state index contributed by atoms with van der Waals surface area (Å²) in [5.74, 6) is 2.13. The molecule has 96 valence electrons. The Hall–Kier alpha value is -1.84. The van der Waals surface area contributed by atoms with Gasteiger partial charge < -0.3 is 9.26 Å². The summed E-state index contributed by atoms with van der Waals surface area (Å²) < 4.78 is 10.4. The summed E-state index contributed by atoms with van der Waals surface area (Å²) in [6.45, 7) is 2.18. The van der Waals surface area contributed by atoms with Crippen molar-refractivity contribution < 1.29 is 9.26 Å². The quantitative estimate of drug-likeness (QED) is 0.732. The van der Waals surface area contributed by atoms with Crippen LogP contribution in [0.5, 0.6) is 5.75 Å². The van der Waals surface area contributed by atoms with Crippen molar-refractivity contribution in [3.63, 3.8) is 0 Å². The first kappa shape index (κ1) is 12.6. The second kappa shape index (κ2) is 6.19. The monoisotopic (exact) mass is 246 g/mol. The molecule has 0 N–H and O–H groups in total. The third-order valence-electron chi connectivity index (χ3n) is 2.79. The molecule has 2 aromatic rings. The molecule has 0 unspecified atom stereocenters. The Morgan fingerprint density at radius 2 is 2.17 bits per heavy atom. The van der Waals surface area contributed by atoms with Gasteiger partial charge in [0.05, 0.1) is 7.11 Å². The number of rotatable bonds is 6. The predicted octanol–water partition coefficient (Wildman–Crippen LogP) is 3.48. The molecule has 0 saturated heterocycles. The molecule has 4 heteroatoms. The standard InChI is InChI=1S/C14H18N2O2/c1-3-4-5-9-13-15-14(16-18-13)11-7-6-8-12(10-11)17-2/h6-8,10H,3-5,9H2,1-2H3. The Labute approximate surface area is 107 Å². The van der Waals surface area contributed by atoms with E-state index in [4.69, 9.17) is 9.26 Å². The molecule has 0 fully saturated rings. The Morgan fingerprint density at radius 3 is 2.94 bits per heavy atom. The third kappa shape index (κ3) is 3.09. The number of hydrogen-bond donors (Lipinski definition) is 0. The molecule has 1 aromatic heterocycles. The molecule has 0 spiro atoms. The minimum Gasteiger partial charge on any atom is -0.497 e. The van der Waals surface area contributed by atoms with Crippen molar-refractivity contribution in [2.75, 3.05) is 7.11 Å². The van der Waals surface area contributed by atoms with Crippen LogP contribution in [0.1, 0.15) is 32.1 Å². The lowest BCUT2D eigenvalue weighted by Crippen LogP contribution is -1.87. The summed E-state index contributed by atoms with van der Waals surface area (Å²) >= 11 is 0. The van der Waals surface area contributed by atoms with Crippen LogP contribution in [0.25, 0.3) is 11.4 Å². The predicted molar refractivity (Wildman–Crippen MR) is 69.5 cm³/mol. The van der Waals surface area contributed by atoms with Gasteiger partial charge in [-0.1, -0.05) is 37.1 Å².